The summed E-state index contributed by atoms with van der Waals surface area (Å²) in [6.07, 6.45) is 2.97. The second-order valence-corrected chi connectivity index (χ2v) is 3.79. The maximum absolute atomic E-state index is 12.2. The molecule has 0 unspecified atom stereocenters. The Morgan fingerprint density at radius 2 is 2.17 bits per heavy atom. The van der Waals surface area contributed by atoms with Gasteiger partial charge in [-0.15, -0.1) is 0 Å². The van der Waals surface area contributed by atoms with Gasteiger partial charge in [0.1, 0.15) is 11.5 Å². The molecule has 0 radical (unpaired) electrons. The van der Waals surface area contributed by atoms with Gasteiger partial charge in [0.2, 0.25) is 0 Å². The fourth-order valence-corrected chi connectivity index (χ4v) is 1.92. The van der Waals surface area contributed by atoms with E-state index in [0.717, 1.165) is 4.90 Å². The van der Waals surface area contributed by atoms with E-state index in [-0.39, 0.29) is 12.2 Å². The molecule has 0 atom stereocenters. The lowest BCUT2D eigenvalue weighted by Crippen LogP contribution is -2.31. The Morgan fingerprint density at radius 1 is 1.33 bits per heavy atom. The molecule has 0 spiro atoms. The number of anilines is 1. The van der Waals surface area contributed by atoms with E-state index in [1.54, 1.807) is 12.1 Å². The first-order valence-electron chi connectivity index (χ1n) is 5.30. The zero-order chi connectivity index (χ0) is 12.7. The lowest BCUT2D eigenvalue weighted by atomic mass is 10.2. The molecule has 2 aromatic heterocycles. The van der Waals surface area contributed by atoms with Crippen molar-refractivity contribution in [3.05, 3.63) is 41.3 Å². The fraction of sp³-hybridized carbons (Fsp3) is 0.0909. The molecule has 3 heterocycles. The number of hydrogen-bond acceptors (Lipinski definition) is 5. The van der Waals surface area contributed by atoms with Crippen molar-refractivity contribution in [2.75, 3.05) is 4.90 Å². The number of fused-ring (bicyclic) bond motifs is 1. The SMILES string of the molecule is NCc1cn[nH]c1N1C(=O)c2cccnc2C1=O. The largest absolute Gasteiger partial charge is 0.326 e. The number of rotatable bonds is 2. The molecule has 0 aliphatic carbocycles. The molecule has 0 fully saturated rings. The number of imide groups is 1. The average Bonchev–Trinajstić information content (AvgIpc) is 2.95. The van der Waals surface area contributed by atoms with Gasteiger partial charge in [-0.05, 0) is 12.1 Å². The first kappa shape index (κ1) is 10.6. The number of aromatic nitrogens is 3. The monoisotopic (exact) mass is 243 g/mol. The normalized spacial score (nSPS) is 14.2. The van der Waals surface area contributed by atoms with E-state index in [2.05, 4.69) is 15.2 Å². The van der Waals surface area contributed by atoms with Crippen LogP contribution in [0.1, 0.15) is 26.4 Å². The Morgan fingerprint density at radius 3 is 2.89 bits per heavy atom. The summed E-state index contributed by atoms with van der Waals surface area (Å²) in [7, 11) is 0. The maximum Gasteiger partial charge on any atom is 0.285 e. The minimum Gasteiger partial charge on any atom is -0.326 e. The molecule has 3 N–H and O–H groups in total. The van der Waals surface area contributed by atoms with Crippen molar-refractivity contribution in [1.82, 2.24) is 15.2 Å². The number of amides is 2. The molecule has 0 aromatic carbocycles. The first-order valence-corrected chi connectivity index (χ1v) is 5.30. The van der Waals surface area contributed by atoms with Gasteiger partial charge in [0.05, 0.1) is 11.8 Å². The average molecular weight is 243 g/mol. The molecule has 2 aromatic rings. The maximum atomic E-state index is 12.2. The van der Waals surface area contributed by atoms with Gasteiger partial charge in [0.25, 0.3) is 11.8 Å². The number of aromatic amines is 1. The Bertz CT molecular complexity index is 613. The van der Waals surface area contributed by atoms with Crippen molar-refractivity contribution < 1.29 is 9.59 Å². The molecule has 0 saturated heterocycles. The van der Waals surface area contributed by atoms with Crippen LogP contribution in [0.25, 0.3) is 0 Å². The molecule has 0 saturated carbocycles. The van der Waals surface area contributed by atoms with E-state index in [1.165, 1.54) is 12.4 Å². The van der Waals surface area contributed by atoms with Gasteiger partial charge < -0.3 is 5.73 Å². The highest BCUT2D eigenvalue weighted by molar-refractivity contribution is 6.33. The van der Waals surface area contributed by atoms with Crippen LogP contribution < -0.4 is 10.6 Å². The second-order valence-electron chi connectivity index (χ2n) is 3.79. The van der Waals surface area contributed by atoms with Gasteiger partial charge in [-0.3, -0.25) is 19.7 Å². The third-order valence-corrected chi connectivity index (χ3v) is 2.79. The third kappa shape index (κ3) is 1.28. The molecule has 7 nitrogen and oxygen atoms in total. The van der Waals surface area contributed by atoms with Gasteiger partial charge in [0.15, 0.2) is 0 Å². The number of nitrogens with two attached hydrogens (primary N) is 1. The summed E-state index contributed by atoms with van der Waals surface area (Å²) >= 11 is 0. The highest BCUT2D eigenvalue weighted by Gasteiger charge is 2.39. The lowest BCUT2D eigenvalue weighted by Gasteiger charge is -2.12. The van der Waals surface area contributed by atoms with Crippen LogP contribution in [0.3, 0.4) is 0 Å². The van der Waals surface area contributed by atoms with Crippen molar-refractivity contribution in [2.24, 2.45) is 5.73 Å². The lowest BCUT2D eigenvalue weighted by molar-refractivity contribution is 0.0923. The van der Waals surface area contributed by atoms with Gasteiger partial charge in [-0.1, -0.05) is 0 Å². The zero-order valence-electron chi connectivity index (χ0n) is 9.25. The predicted molar refractivity (Wildman–Crippen MR) is 61.9 cm³/mol. The van der Waals surface area contributed by atoms with Gasteiger partial charge in [-0.25, -0.2) is 4.90 Å². The molecule has 18 heavy (non-hydrogen) atoms. The van der Waals surface area contributed by atoms with Gasteiger partial charge >= 0.3 is 0 Å². The summed E-state index contributed by atoms with van der Waals surface area (Å²) in [5, 5.41) is 6.42. The summed E-state index contributed by atoms with van der Waals surface area (Å²) in [5.41, 5.74) is 6.58. The Labute approximate surface area is 102 Å². The van der Waals surface area contributed by atoms with Crippen LogP contribution in [0.15, 0.2) is 24.5 Å². The standard InChI is InChI=1S/C11H9N5O2/c12-4-6-5-14-15-9(6)16-10(17)7-2-1-3-13-8(7)11(16)18/h1-3,5H,4,12H2,(H,14,15). The molecular weight excluding hydrogens is 234 g/mol. The predicted octanol–water partition coefficient (Wildman–Crippen LogP) is 0.0640. The summed E-state index contributed by atoms with van der Waals surface area (Å²) in [6, 6.07) is 3.19. The highest BCUT2D eigenvalue weighted by atomic mass is 16.2. The summed E-state index contributed by atoms with van der Waals surface area (Å²) < 4.78 is 0. The van der Waals surface area contributed by atoms with Crippen LogP contribution in [-0.2, 0) is 6.54 Å². The Balaban J connectivity index is 2.13. The quantitative estimate of drug-likeness (QED) is 0.726. The zero-order valence-corrected chi connectivity index (χ0v) is 9.25. The van der Waals surface area contributed by atoms with Crippen molar-refractivity contribution >= 4 is 17.6 Å². The first-order chi connectivity index (χ1) is 8.74. The number of hydrogen-bond donors (Lipinski definition) is 2. The summed E-state index contributed by atoms with van der Waals surface area (Å²) in [4.78, 5) is 29.2. The molecule has 90 valence electrons. The van der Waals surface area contributed by atoms with Crippen LogP contribution in [0, 0.1) is 0 Å². The highest BCUT2D eigenvalue weighted by Crippen LogP contribution is 2.27. The molecule has 3 rings (SSSR count). The van der Waals surface area contributed by atoms with Crippen molar-refractivity contribution in [3.63, 3.8) is 0 Å². The molecule has 1 aliphatic rings. The fourth-order valence-electron chi connectivity index (χ4n) is 1.92. The van der Waals surface area contributed by atoms with E-state index in [1.807, 2.05) is 0 Å². The second kappa shape index (κ2) is 3.74. The van der Waals surface area contributed by atoms with Crippen LogP contribution >= 0.6 is 0 Å². The Kier molecular flexibility index (Phi) is 2.20. The number of carbonyl (C=O) groups excluding carboxylic acids is 2. The van der Waals surface area contributed by atoms with Gasteiger partial charge in [0, 0.05) is 18.3 Å². The number of carbonyl (C=O) groups is 2. The topological polar surface area (TPSA) is 105 Å². The van der Waals surface area contributed by atoms with Crippen molar-refractivity contribution in [1.29, 1.82) is 0 Å². The Hall–Kier alpha value is -2.54. The minimum absolute atomic E-state index is 0.153. The summed E-state index contributed by atoms with van der Waals surface area (Å²) in [6.45, 7) is 0.187. The summed E-state index contributed by atoms with van der Waals surface area (Å²) in [5.74, 6) is -0.567. The van der Waals surface area contributed by atoms with Crippen LogP contribution in [0.4, 0.5) is 5.82 Å². The molecule has 2 amide bonds. The number of nitrogens with zero attached hydrogens (tertiary/aromatic N) is 3. The third-order valence-electron chi connectivity index (χ3n) is 2.79. The van der Waals surface area contributed by atoms with Gasteiger partial charge in [-0.2, -0.15) is 5.10 Å². The van der Waals surface area contributed by atoms with E-state index in [4.69, 9.17) is 5.73 Å². The molecular formula is C11H9N5O2. The van der Waals surface area contributed by atoms with E-state index >= 15 is 0 Å². The van der Waals surface area contributed by atoms with Crippen LogP contribution in [0.5, 0.6) is 0 Å². The van der Waals surface area contributed by atoms with E-state index < -0.39 is 11.8 Å². The smallest absolute Gasteiger partial charge is 0.285 e. The number of nitrogens with one attached hydrogen (secondary N) is 1. The number of H-pyrrole nitrogens is 1. The number of pyridine rings is 1. The molecule has 1 aliphatic heterocycles. The van der Waals surface area contributed by atoms with Crippen LogP contribution in [0.2, 0.25) is 0 Å². The molecule has 7 heteroatoms. The van der Waals surface area contributed by atoms with E-state index in [0.29, 0.717) is 16.9 Å². The van der Waals surface area contributed by atoms with Crippen LogP contribution in [-0.4, -0.2) is 27.0 Å². The van der Waals surface area contributed by atoms with Crippen molar-refractivity contribution in [3.8, 4) is 0 Å². The van der Waals surface area contributed by atoms with E-state index in [9.17, 15) is 9.59 Å². The molecule has 0 bridgehead atoms. The van der Waals surface area contributed by atoms with Crippen molar-refractivity contribution in [2.45, 2.75) is 6.54 Å². The minimum atomic E-state index is -0.463.